The standard InChI is InChI=1S/C14H15NO3/c1-2-5-10(6-3-1)13-15-9-14(18-13)16-11-7-4-8-12(11)17-14/h1-3,5-6,11-12H,4,7-9H2/p+1/t11-,12+,14?. The molecule has 1 saturated carbocycles. The summed E-state index contributed by atoms with van der Waals surface area (Å²) in [5.41, 5.74) is 1.03. The maximum atomic E-state index is 5.96. The van der Waals surface area contributed by atoms with Crippen LogP contribution in [0.3, 0.4) is 0 Å². The van der Waals surface area contributed by atoms with Crippen LogP contribution in [0.15, 0.2) is 30.3 Å². The molecule has 2 fully saturated rings. The SMILES string of the molecule is c1ccc(C2=[NH+]CC3(O2)O[C@H]2CCC[C@H]2O3)cc1. The van der Waals surface area contributed by atoms with E-state index < -0.39 is 5.97 Å². The van der Waals surface area contributed by atoms with Crippen LogP contribution in [0.25, 0.3) is 0 Å². The Morgan fingerprint density at radius 2 is 1.78 bits per heavy atom. The van der Waals surface area contributed by atoms with Crippen LogP contribution in [-0.2, 0) is 14.2 Å². The lowest BCUT2D eigenvalue weighted by Crippen LogP contribution is -2.72. The summed E-state index contributed by atoms with van der Waals surface area (Å²) in [5.74, 6) is -0.142. The fourth-order valence-corrected chi connectivity index (χ4v) is 2.95. The summed E-state index contributed by atoms with van der Waals surface area (Å²) in [5, 5.41) is 0. The third-order valence-corrected chi connectivity index (χ3v) is 3.81. The van der Waals surface area contributed by atoms with Gasteiger partial charge in [-0.1, -0.05) is 18.2 Å². The smallest absolute Gasteiger partial charge is 0.380 e. The highest BCUT2D eigenvalue weighted by atomic mass is 16.9. The van der Waals surface area contributed by atoms with Crippen LogP contribution in [0, 0.1) is 0 Å². The largest absolute Gasteiger partial charge is 0.394 e. The highest BCUT2D eigenvalue weighted by Gasteiger charge is 2.57. The Labute approximate surface area is 106 Å². The molecule has 1 saturated heterocycles. The van der Waals surface area contributed by atoms with Gasteiger partial charge in [0.05, 0.1) is 17.8 Å². The number of ether oxygens (including phenoxy) is 3. The van der Waals surface area contributed by atoms with E-state index in [0.717, 1.165) is 24.3 Å². The van der Waals surface area contributed by atoms with Crippen LogP contribution < -0.4 is 4.99 Å². The molecule has 0 bridgehead atoms. The monoisotopic (exact) mass is 246 g/mol. The summed E-state index contributed by atoms with van der Waals surface area (Å²) < 4.78 is 17.8. The third-order valence-electron chi connectivity index (χ3n) is 3.81. The summed E-state index contributed by atoms with van der Waals surface area (Å²) in [6.07, 6.45) is 3.77. The minimum atomic E-state index is -0.888. The van der Waals surface area contributed by atoms with E-state index in [-0.39, 0.29) is 12.2 Å². The Kier molecular flexibility index (Phi) is 2.22. The van der Waals surface area contributed by atoms with Crippen molar-refractivity contribution >= 4 is 5.90 Å². The van der Waals surface area contributed by atoms with Gasteiger partial charge in [0, 0.05) is 0 Å². The molecule has 0 amide bonds. The fraction of sp³-hybridized carbons (Fsp3) is 0.500. The van der Waals surface area contributed by atoms with E-state index in [9.17, 15) is 0 Å². The number of hydrogen-bond donors (Lipinski definition) is 1. The zero-order valence-electron chi connectivity index (χ0n) is 10.1. The van der Waals surface area contributed by atoms with Gasteiger partial charge in [-0.25, -0.2) is 4.99 Å². The Balaban J connectivity index is 1.53. The van der Waals surface area contributed by atoms with Crippen LogP contribution in [0.1, 0.15) is 24.8 Å². The van der Waals surface area contributed by atoms with Crippen LogP contribution in [0.2, 0.25) is 0 Å². The van der Waals surface area contributed by atoms with Gasteiger partial charge in [0.1, 0.15) is 0 Å². The molecule has 1 aromatic rings. The molecule has 1 aromatic carbocycles. The van der Waals surface area contributed by atoms with Gasteiger partial charge in [-0.05, 0) is 31.4 Å². The van der Waals surface area contributed by atoms with Crippen molar-refractivity contribution in [2.75, 3.05) is 6.54 Å². The summed E-state index contributed by atoms with van der Waals surface area (Å²) in [4.78, 5) is 3.24. The maximum absolute atomic E-state index is 5.96. The number of benzene rings is 1. The summed E-state index contributed by atoms with van der Waals surface area (Å²) in [6, 6.07) is 9.99. The molecule has 1 aliphatic carbocycles. The van der Waals surface area contributed by atoms with Crippen LogP contribution >= 0.6 is 0 Å². The van der Waals surface area contributed by atoms with E-state index >= 15 is 0 Å². The quantitative estimate of drug-likeness (QED) is 0.768. The van der Waals surface area contributed by atoms with Crippen LogP contribution in [0.4, 0.5) is 0 Å². The highest BCUT2D eigenvalue weighted by Crippen LogP contribution is 2.39. The molecule has 4 nitrogen and oxygen atoms in total. The van der Waals surface area contributed by atoms with Gasteiger partial charge < -0.3 is 14.2 Å². The van der Waals surface area contributed by atoms with Gasteiger partial charge in [0.15, 0.2) is 0 Å². The fourth-order valence-electron chi connectivity index (χ4n) is 2.95. The topological polar surface area (TPSA) is 41.7 Å². The van der Waals surface area contributed by atoms with Crippen molar-refractivity contribution in [3.05, 3.63) is 35.9 Å². The second-order valence-electron chi connectivity index (χ2n) is 5.08. The lowest BCUT2D eigenvalue weighted by molar-refractivity contribution is -0.486. The third kappa shape index (κ3) is 1.56. The molecule has 1 spiro atoms. The molecule has 2 aliphatic heterocycles. The predicted molar refractivity (Wildman–Crippen MR) is 63.8 cm³/mol. The second kappa shape index (κ2) is 3.80. The molecule has 94 valence electrons. The van der Waals surface area contributed by atoms with E-state index in [4.69, 9.17) is 14.2 Å². The van der Waals surface area contributed by atoms with Gasteiger partial charge in [-0.2, -0.15) is 0 Å². The van der Waals surface area contributed by atoms with Crippen LogP contribution in [-0.4, -0.2) is 30.6 Å². The Morgan fingerprint density at radius 1 is 1.06 bits per heavy atom. The lowest BCUT2D eigenvalue weighted by atomic mass is 10.2. The molecule has 1 N–H and O–H groups in total. The molecule has 1 unspecified atom stereocenters. The van der Waals surface area contributed by atoms with E-state index in [1.807, 2.05) is 30.3 Å². The molecular weight excluding hydrogens is 230 g/mol. The van der Waals surface area contributed by atoms with E-state index in [1.54, 1.807) is 0 Å². The molecule has 0 aromatic heterocycles. The van der Waals surface area contributed by atoms with Gasteiger partial charge in [0.25, 0.3) is 0 Å². The molecule has 0 radical (unpaired) electrons. The minimum absolute atomic E-state index is 0.210. The van der Waals surface area contributed by atoms with E-state index in [2.05, 4.69) is 4.99 Å². The summed E-state index contributed by atoms with van der Waals surface area (Å²) in [7, 11) is 0. The van der Waals surface area contributed by atoms with E-state index in [0.29, 0.717) is 6.54 Å². The molecule has 3 aliphatic rings. The number of fused-ring (bicyclic) bond motifs is 1. The summed E-state index contributed by atoms with van der Waals surface area (Å²) in [6.45, 7) is 0.560. The first-order valence-corrected chi connectivity index (χ1v) is 6.56. The molecular formula is C14H16NO3+. The normalized spacial score (nSPS) is 37.7. The average Bonchev–Trinajstić information content (AvgIpc) is 3.06. The maximum Gasteiger partial charge on any atom is 0.394 e. The van der Waals surface area contributed by atoms with Crippen molar-refractivity contribution in [2.45, 2.75) is 37.4 Å². The zero-order valence-corrected chi connectivity index (χ0v) is 10.1. The molecule has 18 heavy (non-hydrogen) atoms. The Bertz CT molecular complexity index is 473. The number of hydrogen-bond acceptors (Lipinski definition) is 3. The van der Waals surface area contributed by atoms with Crippen LogP contribution in [0.5, 0.6) is 0 Å². The van der Waals surface area contributed by atoms with Crippen molar-refractivity contribution in [2.24, 2.45) is 0 Å². The molecule has 2 heterocycles. The lowest BCUT2D eigenvalue weighted by Gasteiger charge is -2.18. The molecule has 4 rings (SSSR count). The van der Waals surface area contributed by atoms with Crippen molar-refractivity contribution in [3.8, 4) is 0 Å². The van der Waals surface area contributed by atoms with Crippen molar-refractivity contribution in [1.29, 1.82) is 0 Å². The molecule has 4 heteroatoms. The summed E-state index contributed by atoms with van der Waals surface area (Å²) >= 11 is 0. The number of nitrogens with one attached hydrogen (secondary N) is 1. The van der Waals surface area contributed by atoms with Gasteiger partial charge in [-0.15, -0.1) is 0 Å². The first-order chi connectivity index (χ1) is 8.85. The van der Waals surface area contributed by atoms with E-state index in [1.165, 1.54) is 6.42 Å². The average molecular weight is 246 g/mol. The van der Waals surface area contributed by atoms with Gasteiger partial charge in [-0.3, -0.25) is 0 Å². The second-order valence-corrected chi connectivity index (χ2v) is 5.08. The van der Waals surface area contributed by atoms with Crippen molar-refractivity contribution in [3.63, 3.8) is 0 Å². The highest BCUT2D eigenvalue weighted by molar-refractivity contribution is 5.90. The number of rotatable bonds is 1. The predicted octanol–water partition coefficient (Wildman–Crippen LogP) is 0.166. The Hall–Kier alpha value is -1.39. The first kappa shape index (κ1) is 10.5. The van der Waals surface area contributed by atoms with Crippen molar-refractivity contribution in [1.82, 2.24) is 0 Å². The minimum Gasteiger partial charge on any atom is -0.380 e. The van der Waals surface area contributed by atoms with Gasteiger partial charge >= 0.3 is 11.9 Å². The Morgan fingerprint density at radius 3 is 2.50 bits per heavy atom. The first-order valence-electron chi connectivity index (χ1n) is 6.56. The zero-order chi connectivity index (χ0) is 12.0. The van der Waals surface area contributed by atoms with Crippen molar-refractivity contribution < 1.29 is 19.2 Å². The molecule has 3 atom stereocenters. The van der Waals surface area contributed by atoms with Gasteiger partial charge in [0.2, 0.25) is 6.54 Å².